The van der Waals surface area contributed by atoms with Crippen molar-refractivity contribution in [3.05, 3.63) is 59.7 Å². The number of rotatable bonds is 3. The number of anilines is 1. The van der Waals surface area contributed by atoms with Gasteiger partial charge in [0.05, 0.1) is 16.3 Å². The fourth-order valence-corrected chi connectivity index (χ4v) is 4.64. The van der Waals surface area contributed by atoms with Gasteiger partial charge in [-0.05, 0) is 32.4 Å². The summed E-state index contributed by atoms with van der Waals surface area (Å²) in [6.07, 6.45) is 3.13. The van der Waals surface area contributed by atoms with Crippen LogP contribution in [0.5, 0.6) is 0 Å². The number of likely N-dealkylation sites (tertiary alicyclic amines) is 1. The summed E-state index contributed by atoms with van der Waals surface area (Å²) in [4.78, 5) is 31.7. The number of carbonyl (C=O) groups is 2. The Morgan fingerprint density at radius 3 is 2.67 bits per heavy atom. The third-order valence-electron chi connectivity index (χ3n) is 5.17. The number of aromatic nitrogens is 1. The van der Waals surface area contributed by atoms with E-state index in [4.69, 9.17) is 4.74 Å². The number of hydrogen-bond acceptors (Lipinski definition) is 5. The van der Waals surface area contributed by atoms with Gasteiger partial charge in [-0.15, -0.1) is 11.3 Å². The number of fused-ring (bicyclic) bond motifs is 1. The Morgan fingerprint density at radius 2 is 1.93 bits per heavy atom. The zero-order chi connectivity index (χ0) is 21.3. The molecule has 0 saturated carbocycles. The summed E-state index contributed by atoms with van der Waals surface area (Å²) in [5, 5.41) is 5.99. The Balaban J connectivity index is 1.58. The molecule has 6 nitrogen and oxygen atoms in total. The summed E-state index contributed by atoms with van der Waals surface area (Å²) in [5.41, 5.74) is 1.25. The molecule has 2 atom stereocenters. The minimum absolute atomic E-state index is 0.0913. The molecule has 1 aromatic carbocycles. The maximum atomic E-state index is 13.3. The van der Waals surface area contributed by atoms with Gasteiger partial charge in [-0.2, -0.15) is 0 Å². The van der Waals surface area contributed by atoms with Crippen LogP contribution in [0.1, 0.15) is 32.3 Å². The Morgan fingerprint density at radius 1 is 1.17 bits per heavy atom. The second-order valence-electron chi connectivity index (χ2n) is 8.52. The van der Waals surface area contributed by atoms with Gasteiger partial charge in [-0.3, -0.25) is 9.78 Å². The van der Waals surface area contributed by atoms with Crippen molar-refractivity contribution >= 4 is 39.1 Å². The number of nitrogens with one attached hydrogen (secondary N) is 1. The molecular weight excluding hydrogens is 398 g/mol. The van der Waals surface area contributed by atoms with E-state index in [-0.39, 0.29) is 23.8 Å². The number of amides is 2. The van der Waals surface area contributed by atoms with Crippen molar-refractivity contribution in [2.24, 2.45) is 5.92 Å². The molecule has 0 unspecified atom stereocenters. The first kappa shape index (κ1) is 20.3. The minimum atomic E-state index is -0.580. The average molecular weight is 424 g/mol. The van der Waals surface area contributed by atoms with Crippen LogP contribution in [0.4, 0.5) is 10.5 Å². The van der Waals surface area contributed by atoms with E-state index >= 15 is 0 Å². The van der Waals surface area contributed by atoms with Crippen LogP contribution in [0.2, 0.25) is 0 Å². The molecule has 3 heterocycles. The second-order valence-corrected chi connectivity index (χ2v) is 9.43. The number of nitrogens with zero attached hydrogens (tertiary/aromatic N) is 2. The predicted octanol–water partition coefficient (Wildman–Crippen LogP) is 4.89. The predicted molar refractivity (Wildman–Crippen MR) is 119 cm³/mol. The fraction of sp³-hybridized carbons (Fsp3) is 0.348. The molecule has 4 rings (SSSR count). The number of thiophene rings is 1. The summed E-state index contributed by atoms with van der Waals surface area (Å²) in [6, 6.07) is 11.8. The maximum Gasteiger partial charge on any atom is 0.410 e. The van der Waals surface area contributed by atoms with Gasteiger partial charge in [0.25, 0.3) is 0 Å². The summed E-state index contributed by atoms with van der Waals surface area (Å²) in [6.45, 7) is 6.30. The van der Waals surface area contributed by atoms with Crippen molar-refractivity contribution in [1.82, 2.24) is 9.88 Å². The lowest BCUT2D eigenvalue weighted by atomic mass is 9.88. The summed E-state index contributed by atoms with van der Waals surface area (Å²) in [5.74, 6) is -0.548. The number of pyridine rings is 1. The molecule has 1 aliphatic heterocycles. The molecule has 30 heavy (non-hydrogen) atoms. The molecule has 1 aliphatic rings. The molecule has 2 amide bonds. The van der Waals surface area contributed by atoms with E-state index < -0.39 is 5.60 Å². The minimum Gasteiger partial charge on any atom is -0.444 e. The highest BCUT2D eigenvalue weighted by molar-refractivity contribution is 7.17. The molecule has 0 spiro atoms. The molecule has 0 radical (unpaired) electrons. The summed E-state index contributed by atoms with van der Waals surface area (Å²) in [7, 11) is 0. The zero-order valence-corrected chi connectivity index (χ0v) is 18.1. The van der Waals surface area contributed by atoms with E-state index in [0.29, 0.717) is 13.1 Å². The molecule has 156 valence electrons. The number of hydrogen-bond donors (Lipinski definition) is 1. The van der Waals surface area contributed by atoms with E-state index in [1.807, 2.05) is 62.5 Å². The number of benzene rings is 1. The first-order chi connectivity index (χ1) is 14.3. The normalized spacial score (nSPS) is 19.1. The van der Waals surface area contributed by atoms with Crippen LogP contribution < -0.4 is 5.32 Å². The van der Waals surface area contributed by atoms with E-state index in [0.717, 1.165) is 21.3 Å². The van der Waals surface area contributed by atoms with E-state index in [1.54, 1.807) is 28.6 Å². The summed E-state index contributed by atoms with van der Waals surface area (Å²) >= 11 is 1.55. The Bertz CT molecular complexity index is 1060. The van der Waals surface area contributed by atoms with Crippen molar-refractivity contribution in [2.75, 3.05) is 18.4 Å². The standard InChI is InChI=1S/C23H25N3O3S/c1-23(2,3)29-22(28)26-12-17(15-7-5-4-6-8-15)18(13-26)21(27)25-19-14-30-20-11-24-10-9-16(19)20/h4-11,14,17-18H,12-13H2,1-3H3,(H,25,27)/t17-,18+/m1/s1. The van der Waals surface area contributed by atoms with Crippen LogP contribution in [-0.4, -0.2) is 40.6 Å². The van der Waals surface area contributed by atoms with Crippen molar-refractivity contribution in [2.45, 2.75) is 32.3 Å². The van der Waals surface area contributed by atoms with Crippen molar-refractivity contribution in [3.63, 3.8) is 0 Å². The molecule has 7 heteroatoms. The van der Waals surface area contributed by atoms with Crippen LogP contribution in [0.15, 0.2) is 54.2 Å². The van der Waals surface area contributed by atoms with Crippen LogP contribution in [0, 0.1) is 5.92 Å². The van der Waals surface area contributed by atoms with Gasteiger partial charge in [0.2, 0.25) is 5.91 Å². The van der Waals surface area contributed by atoms with Crippen LogP contribution in [0.25, 0.3) is 10.1 Å². The molecule has 0 aliphatic carbocycles. The second kappa shape index (κ2) is 8.07. The van der Waals surface area contributed by atoms with Gasteiger partial charge in [0, 0.05) is 42.2 Å². The smallest absolute Gasteiger partial charge is 0.410 e. The highest BCUT2D eigenvalue weighted by atomic mass is 32.1. The van der Waals surface area contributed by atoms with E-state index in [2.05, 4.69) is 10.3 Å². The van der Waals surface area contributed by atoms with Gasteiger partial charge in [0.1, 0.15) is 5.60 Å². The van der Waals surface area contributed by atoms with Gasteiger partial charge in [-0.1, -0.05) is 30.3 Å². The van der Waals surface area contributed by atoms with Gasteiger partial charge < -0.3 is 15.0 Å². The SMILES string of the molecule is CC(C)(C)OC(=O)N1C[C@H](C(=O)Nc2csc3cnccc23)[C@@H](c2ccccc2)C1. The average Bonchev–Trinajstić information content (AvgIpc) is 3.33. The summed E-state index contributed by atoms with van der Waals surface area (Å²) < 4.78 is 6.57. The lowest BCUT2D eigenvalue weighted by Gasteiger charge is -2.24. The van der Waals surface area contributed by atoms with Gasteiger partial charge in [0.15, 0.2) is 0 Å². The Kier molecular flexibility index (Phi) is 5.47. The fourth-order valence-electron chi connectivity index (χ4n) is 3.79. The highest BCUT2D eigenvalue weighted by Crippen LogP contribution is 2.36. The monoisotopic (exact) mass is 423 g/mol. The Hall–Kier alpha value is -2.93. The van der Waals surface area contributed by atoms with Crippen molar-refractivity contribution in [1.29, 1.82) is 0 Å². The Labute approximate surface area is 179 Å². The van der Waals surface area contributed by atoms with E-state index in [9.17, 15) is 9.59 Å². The number of carbonyl (C=O) groups excluding carboxylic acids is 2. The highest BCUT2D eigenvalue weighted by Gasteiger charge is 2.41. The van der Waals surface area contributed by atoms with Crippen molar-refractivity contribution < 1.29 is 14.3 Å². The van der Waals surface area contributed by atoms with Crippen LogP contribution in [0.3, 0.4) is 0 Å². The molecular formula is C23H25N3O3S. The molecule has 0 bridgehead atoms. The molecule has 3 aromatic rings. The third-order valence-corrected chi connectivity index (χ3v) is 6.11. The lowest BCUT2D eigenvalue weighted by molar-refractivity contribution is -0.119. The zero-order valence-electron chi connectivity index (χ0n) is 17.3. The van der Waals surface area contributed by atoms with Gasteiger partial charge in [-0.25, -0.2) is 4.79 Å². The van der Waals surface area contributed by atoms with E-state index in [1.165, 1.54) is 0 Å². The molecule has 1 N–H and O–H groups in total. The molecule has 1 fully saturated rings. The van der Waals surface area contributed by atoms with Crippen LogP contribution >= 0.6 is 11.3 Å². The third kappa shape index (κ3) is 4.31. The lowest BCUT2D eigenvalue weighted by Crippen LogP contribution is -2.36. The number of ether oxygens (including phenoxy) is 1. The first-order valence-electron chi connectivity index (χ1n) is 9.97. The molecule has 1 saturated heterocycles. The maximum absolute atomic E-state index is 13.3. The largest absolute Gasteiger partial charge is 0.444 e. The van der Waals surface area contributed by atoms with Crippen molar-refractivity contribution in [3.8, 4) is 0 Å². The quantitative estimate of drug-likeness (QED) is 0.651. The van der Waals surface area contributed by atoms with Crippen LogP contribution in [-0.2, 0) is 9.53 Å². The topological polar surface area (TPSA) is 71.5 Å². The molecule has 2 aromatic heterocycles. The van der Waals surface area contributed by atoms with Gasteiger partial charge >= 0.3 is 6.09 Å². The first-order valence-corrected chi connectivity index (χ1v) is 10.8.